The highest BCUT2D eigenvalue weighted by atomic mass is 15.4. The lowest BCUT2D eigenvalue weighted by Gasteiger charge is -2.25. The van der Waals surface area contributed by atoms with Crippen LogP contribution in [0.15, 0.2) is 24.5 Å². The molecule has 3 rings (SSSR count). The highest BCUT2D eigenvalue weighted by molar-refractivity contribution is 5.35. The first-order chi connectivity index (χ1) is 8.24. The van der Waals surface area contributed by atoms with Crippen molar-refractivity contribution in [2.75, 3.05) is 11.9 Å². The van der Waals surface area contributed by atoms with Crippen LogP contribution in [0.4, 0.5) is 5.95 Å². The Morgan fingerprint density at radius 2 is 2.00 bits per heavy atom. The summed E-state index contributed by atoms with van der Waals surface area (Å²) in [5.74, 6) is 0.875. The molecule has 2 aromatic rings. The minimum Gasteiger partial charge on any atom is -0.354 e. The van der Waals surface area contributed by atoms with Crippen molar-refractivity contribution >= 4 is 5.95 Å². The Morgan fingerprint density at radius 3 is 2.76 bits per heavy atom. The zero-order valence-corrected chi connectivity index (χ0v) is 10.1. The molecular weight excluding hydrogens is 212 g/mol. The predicted octanol–water partition coefficient (Wildman–Crippen LogP) is 2.30. The van der Waals surface area contributed by atoms with E-state index in [2.05, 4.69) is 47.4 Å². The largest absolute Gasteiger partial charge is 0.354 e. The molecule has 0 saturated carbocycles. The molecule has 0 radical (unpaired) electrons. The molecule has 1 aromatic carbocycles. The average molecular weight is 228 g/mol. The maximum Gasteiger partial charge on any atom is 0.221 e. The van der Waals surface area contributed by atoms with Crippen LogP contribution in [0.5, 0.6) is 0 Å². The van der Waals surface area contributed by atoms with E-state index in [1.807, 2.05) is 4.68 Å². The minimum atomic E-state index is 0.312. The number of nitrogens with one attached hydrogen (secondary N) is 1. The quantitative estimate of drug-likeness (QED) is 0.814. The van der Waals surface area contributed by atoms with E-state index in [4.69, 9.17) is 0 Å². The first-order valence-corrected chi connectivity index (χ1v) is 5.95. The summed E-state index contributed by atoms with van der Waals surface area (Å²) >= 11 is 0. The van der Waals surface area contributed by atoms with Gasteiger partial charge in [0.15, 0.2) is 0 Å². The van der Waals surface area contributed by atoms with Crippen LogP contribution < -0.4 is 5.32 Å². The Morgan fingerprint density at radius 1 is 1.24 bits per heavy atom. The van der Waals surface area contributed by atoms with Gasteiger partial charge >= 0.3 is 0 Å². The summed E-state index contributed by atoms with van der Waals surface area (Å²) in [4.78, 5) is 4.22. The molecule has 2 heterocycles. The van der Waals surface area contributed by atoms with E-state index in [1.54, 1.807) is 6.33 Å². The van der Waals surface area contributed by atoms with Crippen LogP contribution in [0.2, 0.25) is 0 Å². The van der Waals surface area contributed by atoms with E-state index in [-0.39, 0.29) is 0 Å². The zero-order chi connectivity index (χ0) is 11.8. The van der Waals surface area contributed by atoms with Crippen LogP contribution in [0.25, 0.3) is 0 Å². The molecule has 1 atom stereocenters. The summed E-state index contributed by atoms with van der Waals surface area (Å²) in [7, 11) is 0. The van der Waals surface area contributed by atoms with Gasteiger partial charge in [-0.15, -0.1) is 0 Å². The van der Waals surface area contributed by atoms with Crippen LogP contribution >= 0.6 is 0 Å². The third kappa shape index (κ3) is 1.79. The van der Waals surface area contributed by atoms with Gasteiger partial charge < -0.3 is 5.32 Å². The van der Waals surface area contributed by atoms with Gasteiger partial charge in [-0.1, -0.05) is 29.3 Å². The first-order valence-electron chi connectivity index (χ1n) is 5.95. The van der Waals surface area contributed by atoms with Gasteiger partial charge in [0.05, 0.1) is 6.04 Å². The van der Waals surface area contributed by atoms with Gasteiger partial charge in [-0.25, -0.2) is 4.68 Å². The van der Waals surface area contributed by atoms with Gasteiger partial charge in [-0.05, 0) is 25.8 Å². The number of anilines is 1. The van der Waals surface area contributed by atoms with Crippen molar-refractivity contribution in [1.29, 1.82) is 0 Å². The molecule has 0 bridgehead atoms. The minimum absolute atomic E-state index is 0.312. The Bertz CT molecular complexity index is 524. The van der Waals surface area contributed by atoms with E-state index in [0.717, 1.165) is 18.9 Å². The smallest absolute Gasteiger partial charge is 0.221 e. The highest BCUT2D eigenvalue weighted by Gasteiger charge is 2.22. The number of aryl methyl sites for hydroxylation is 2. The van der Waals surface area contributed by atoms with Gasteiger partial charge in [0.25, 0.3) is 0 Å². The number of aromatic nitrogens is 3. The fourth-order valence-corrected chi connectivity index (χ4v) is 2.56. The van der Waals surface area contributed by atoms with Crippen LogP contribution in [0, 0.1) is 13.8 Å². The lowest BCUT2D eigenvalue weighted by Crippen LogP contribution is -2.24. The molecular formula is C13H16N4. The Hall–Kier alpha value is -1.84. The van der Waals surface area contributed by atoms with Crippen molar-refractivity contribution in [1.82, 2.24) is 14.8 Å². The summed E-state index contributed by atoms with van der Waals surface area (Å²) in [5.41, 5.74) is 3.94. The monoisotopic (exact) mass is 228 g/mol. The predicted molar refractivity (Wildman–Crippen MR) is 67.2 cm³/mol. The topological polar surface area (TPSA) is 42.7 Å². The van der Waals surface area contributed by atoms with Crippen molar-refractivity contribution in [3.8, 4) is 0 Å². The van der Waals surface area contributed by atoms with Crippen molar-refractivity contribution in [2.45, 2.75) is 26.3 Å². The van der Waals surface area contributed by atoms with Crippen LogP contribution in [0.1, 0.15) is 29.2 Å². The molecule has 1 unspecified atom stereocenters. The second kappa shape index (κ2) is 3.87. The molecule has 0 spiro atoms. The third-order valence-corrected chi connectivity index (χ3v) is 3.20. The number of fused-ring (bicyclic) bond motifs is 1. The van der Waals surface area contributed by atoms with Crippen molar-refractivity contribution in [2.24, 2.45) is 0 Å². The molecule has 0 aliphatic carbocycles. The molecule has 1 N–H and O–H groups in total. The van der Waals surface area contributed by atoms with Gasteiger partial charge in [-0.3, -0.25) is 0 Å². The number of nitrogens with zero attached hydrogens (tertiary/aromatic N) is 3. The van der Waals surface area contributed by atoms with Crippen LogP contribution in [-0.4, -0.2) is 21.3 Å². The molecule has 0 fully saturated rings. The molecule has 4 nitrogen and oxygen atoms in total. The second-order valence-electron chi connectivity index (χ2n) is 4.68. The standard InChI is InChI=1S/C13H16N4/c1-9-5-10(2)7-11(6-9)12-3-4-14-13-15-8-16-17(12)13/h5-8,12H,3-4H2,1-2H3,(H,14,15,16). The average Bonchev–Trinajstić information content (AvgIpc) is 2.75. The van der Waals surface area contributed by atoms with E-state index in [9.17, 15) is 0 Å². The second-order valence-corrected chi connectivity index (χ2v) is 4.68. The van der Waals surface area contributed by atoms with Crippen molar-refractivity contribution < 1.29 is 0 Å². The van der Waals surface area contributed by atoms with Crippen molar-refractivity contribution in [3.05, 3.63) is 41.2 Å². The summed E-state index contributed by atoms with van der Waals surface area (Å²) in [6.07, 6.45) is 2.67. The van der Waals surface area contributed by atoms with E-state index >= 15 is 0 Å². The summed E-state index contributed by atoms with van der Waals surface area (Å²) in [6.45, 7) is 5.23. The molecule has 0 amide bonds. The molecule has 1 aliphatic heterocycles. The third-order valence-electron chi connectivity index (χ3n) is 3.20. The molecule has 1 aromatic heterocycles. The SMILES string of the molecule is Cc1cc(C)cc(C2CCNc3ncnn32)c1. The number of hydrogen-bond donors (Lipinski definition) is 1. The van der Waals surface area contributed by atoms with E-state index < -0.39 is 0 Å². The van der Waals surface area contributed by atoms with Gasteiger partial charge in [0, 0.05) is 6.54 Å². The van der Waals surface area contributed by atoms with Crippen LogP contribution in [-0.2, 0) is 0 Å². The lowest BCUT2D eigenvalue weighted by atomic mass is 9.98. The van der Waals surface area contributed by atoms with Crippen molar-refractivity contribution in [3.63, 3.8) is 0 Å². The number of rotatable bonds is 1. The zero-order valence-electron chi connectivity index (χ0n) is 10.1. The maximum absolute atomic E-state index is 4.32. The van der Waals surface area contributed by atoms with E-state index in [1.165, 1.54) is 16.7 Å². The van der Waals surface area contributed by atoms with E-state index in [0.29, 0.717) is 6.04 Å². The van der Waals surface area contributed by atoms with Gasteiger partial charge in [0.2, 0.25) is 5.95 Å². The highest BCUT2D eigenvalue weighted by Crippen LogP contribution is 2.28. The Labute approximate surface area is 101 Å². The lowest BCUT2D eigenvalue weighted by molar-refractivity contribution is 0.480. The Balaban J connectivity index is 2.06. The Kier molecular flexibility index (Phi) is 2.35. The molecule has 88 valence electrons. The van der Waals surface area contributed by atoms with Crippen LogP contribution in [0.3, 0.4) is 0 Å². The first kappa shape index (κ1) is 10.3. The number of hydrogen-bond acceptors (Lipinski definition) is 3. The summed E-state index contributed by atoms with van der Waals surface area (Å²) < 4.78 is 1.98. The molecule has 0 saturated heterocycles. The van der Waals surface area contributed by atoms with Gasteiger partial charge in [-0.2, -0.15) is 10.1 Å². The molecule has 17 heavy (non-hydrogen) atoms. The number of benzene rings is 1. The summed E-state index contributed by atoms with van der Waals surface area (Å²) in [6, 6.07) is 7.00. The molecule has 4 heteroatoms. The maximum atomic E-state index is 4.32. The fraction of sp³-hybridized carbons (Fsp3) is 0.385. The van der Waals surface area contributed by atoms with Gasteiger partial charge in [0.1, 0.15) is 6.33 Å². The fourth-order valence-electron chi connectivity index (χ4n) is 2.56. The normalized spacial score (nSPS) is 18.6. The summed E-state index contributed by atoms with van der Waals surface area (Å²) in [5, 5.41) is 7.58. The molecule has 1 aliphatic rings.